The SMILES string of the molecule is OC(CN1CCOC(c2cccs2)C1)c1ccc(F)c(F)c1. The third-order valence-corrected chi connectivity index (χ3v) is 4.74. The lowest BCUT2D eigenvalue weighted by Crippen LogP contribution is -2.40. The van der Waals surface area contributed by atoms with Crippen molar-refractivity contribution in [3.8, 4) is 0 Å². The summed E-state index contributed by atoms with van der Waals surface area (Å²) in [6.07, 6.45) is -0.844. The van der Waals surface area contributed by atoms with Gasteiger partial charge in [-0.2, -0.15) is 0 Å². The predicted octanol–water partition coefficient (Wildman–Crippen LogP) is 3.13. The fourth-order valence-corrected chi connectivity index (χ4v) is 3.35. The van der Waals surface area contributed by atoms with E-state index in [0.29, 0.717) is 31.8 Å². The van der Waals surface area contributed by atoms with Crippen molar-refractivity contribution in [1.29, 1.82) is 0 Å². The predicted molar refractivity (Wildman–Crippen MR) is 80.8 cm³/mol. The number of aliphatic hydroxyl groups is 1. The maximum absolute atomic E-state index is 13.2. The van der Waals surface area contributed by atoms with Crippen LogP contribution >= 0.6 is 11.3 Å². The van der Waals surface area contributed by atoms with Crippen LogP contribution in [0.25, 0.3) is 0 Å². The number of morpholine rings is 1. The number of hydrogen-bond donors (Lipinski definition) is 1. The van der Waals surface area contributed by atoms with E-state index in [4.69, 9.17) is 4.74 Å². The van der Waals surface area contributed by atoms with E-state index in [9.17, 15) is 13.9 Å². The first kappa shape index (κ1) is 15.6. The third kappa shape index (κ3) is 3.52. The zero-order valence-electron chi connectivity index (χ0n) is 11.9. The summed E-state index contributed by atoms with van der Waals surface area (Å²) in [5.74, 6) is -1.84. The van der Waals surface area contributed by atoms with Crippen LogP contribution in [0.1, 0.15) is 22.6 Å². The van der Waals surface area contributed by atoms with Crippen LogP contribution in [0.4, 0.5) is 8.78 Å². The number of hydrogen-bond acceptors (Lipinski definition) is 4. The molecule has 0 radical (unpaired) electrons. The van der Waals surface area contributed by atoms with Gasteiger partial charge in [-0.25, -0.2) is 8.78 Å². The molecule has 1 aromatic carbocycles. The van der Waals surface area contributed by atoms with Gasteiger partial charge in [-0.3, -0.25) is 4.90 Å². The van der Waals surface area contributed by atoms with Gasteiger partial charge < -0.3 is 9.84 Å². The lowest BCUT2D eigenvalue weighted by atomic mass is 10.1. The van der Waals surface area contributed by atoms with Crippen molar-refractivity contribution in [3.63, 3.8) is 0 Å². The summed E-state index contributed by atoms with van der Waals surface area (Å²) in [6.45, 7) is 2.35. The van der Waals surface area contributed by atoms with Crippen LogP contribution in [0.15, 0.2) is 35.7 Å². The lowest BCUT2D eigenvalue weighted by Gasteiger charge is -2.33. The molecule has 1 aliphatic rings. The molecule has 6 heteroatoms. The van der Waals surface area contributed by atoms with Crippen LogP contribution < -0.4 is 0 Å². The van der Waals surface area contributed by atoms with Crippen molar-refractivity contribution in [2.45, 2.75) is 12.2 Å². The highest BCUT2D eigenvalue weighted by Crippen LogP contribution is 2.27. The lowest BCUT2D eigenvalue weighted by molar-refractivity contribution is -0.0408. The van der Waals surface area contributed by atoms with E-state index in [-0.39, 0.29) is 6.10 Å². The standard InChI is InChI=1S/C16H17F2NO2S/c17-12-4-3-11(8-13(12)18)14(20)9-19-5-6-21-15(10-19)16-2-1-7-22-16/h1-4,7-8,14-15,20H,5-6,9-10H2. The van der Waals surface area contributed by atoms with E-state index in [1.165, 1.54) is 6.07 Å². The summed E-state index contributed by atoms with van der Waals surface area (Å²) in [6, 6.07) is 7.53. The molecular formula is C16H17F2NO2S. The van der Waals surface area contributed by atoms with Gasteiger partial charge in [0.05, 0.1) is 12.7 Å². The largest absolute Gasteiger partial charge is 0.387 e. The molecule has 22 heavy (non-hydrogen) atoms. The quantitative estimate of drug-likeness (QED) is 0.937. The van der Waals surface area contributed by atoms with Crippen LogP contribution in [0.2, 0.25) is 0 Å². The van der Waals surface area contributed by atoms with E-state index in [0.717, 1.165) is 17.0 Å². The van der Waals surface area contributed by atoms with Gasteiger partial charge >= 0.3 is 0 Å². The first-order chi connectivity index (χ1) is 10.6. The highest BCUT2D eigenvalue weighted by molar-refractivity contribution is 7.10. The fourth-order valence-electron chi connectivity index (χ4n) is 2.58. The molecule has 1 N–H and O–H groups in total. The molecule has 3 rings (SSSR count). The number of nitrogens with zero attached hydrogens (tertiary/aromatic N) is 1. The zero-order valence-corrected chi connectivity index (χ0v) is 12.7. The van der Waals surface area contributed by atoms with E-state index < -0.39 is 17.7 Å². The topological polar surface area (TPSA) is 32.7 Å². The number of rotatable bonds is 4. The summed E-state index contributed by atoms with van der Waals surface area (Å²) < 4.78 is 31.9. The Morgan fingerprint density at radius 3 is 2.91 bits per heavy atom. The number of β-amino-alcohol motifs (C(OH)–C–C–N with tert-alkyl or cyclic N) is 1. The normalized spacial score (nSPS) is 21.0. The average Bonchev–Trinajstić information content (AvgIpc) is 3.04. The van der Waals surface area contributed by atoms with Gasteiger partial charge in [0.25, 0.3) is 0 Å². The highest BCUT2D eigenvalue weighted by atomic mass is 32.1. The minimum Gasteiger partial charge on any atom is -0.387 e. The Hall–Kier alpha value is -1.34. The number of thiophene rings is 1. The Labute approximate surface area is 131 Å². The second-order valence-corrected chi connectivity index (χ2v) is 6.30. The monoisotopic (exact) mass is 325 g/mol. The molecule has 1 fully saturated rings. The van der Waals surface area contributed by atoms with Crippen LogP contribution in [-0.4, -0.2) is 36.2 Å². The van der Waals surface area contributed by atoms with Crippen molar-refractivity contribution in [3.05, 3.63) is 57.8 Å². The molecular weight excluding hydrogens is 308 g/mol. The highest BCUT2D eigenvalue weighted by Gasteiger charge is 2.24. The van der Waals surface area contributed by atoms with Crippen molar-refractivity contribution < 1.29 is 18.6 Å². The summed E-state index contributed by atoms with van der Waals surface area (Å²) in [7, 11) is 0. The fraction of sp³-hybridized carbons (Fsp3) is 0.375. The van der Waals surface area contributed by atoms with Gasteiger partial charge in [-0.1, -0.05) is 12.1 Å². The van der Waals surface area contributed by atoms with Crippen LogP contribution in [0.5, 0.6) is 0 Å². The Balaban J connectivity index is 1.63. The molecule has 0 spiro atoms. The van der Waals surface area contributed by atoms with Crippen LogP contribution in [-0.2, 0) is 4.74 Å². The molecule has 3 nitrogen and oxygen atoms in total. The molecule has 1 saturated heterocycles. The maximum atomic E-state index is 13.2. The third-order valence-electron chi connectivity index (χ3n) is 3.77. The second kappa shape index (κ2) is 6.83. The van der Waals surface area contributed by atoms with Crippen molar-refractivity contribution in [1.82, 2.24) is 4.90 Å². The van der Waals surface area contributed by atoms with Crippen molar-refractivity contribution >= 4 is 11.3 Å². The first-order valence-electron chi connectivity index (χ1n) is 7.14. The molecule has 0 saturated carbocycles. The van der Waals surface area contributed by atoms with Crippen molar-refractivity contribution in [2.75, 3.05) is 26.2 Å². The molecule has 2 heterocycles. The van der Waals surface area contributed by atoms with E-state index >= 15 is 0 Å². The number of aliphatic hydroxyl groups excluding tert-OH is 1. The van der Waals surface area contributed by atoms with E-state index in [1.807, 2.05) is 17.5 Å². The van der Waals surface area contributed by atoms with Gasteiger partial charge in [-0.05, 0) is 29.1 Å². The first-order valence-corrected chi connectivity index (χ1v) is 8.02. The van der Waals surface area contributed by atoms with Gasteiger partial charge in [0, 0.05) is 24.5 Å². The van der Waals surface area contributed by atoms with Gasteiger partial charge in [-0.15, -0.1) is 11.3 Å². The van der Waals surface area contributed by atoms with Gasteiger partial charge in [0.2, 0.25) is 0 Å². The minimum absolute atomic E-state index is 0.00547. The van der Waals surface area contributed by atoms with Gasteiger partial charge in [0.15, 0.2) is 11.6 Å². The second-order valence-electron chi connectivity index (χ2n) is 5.32. The average molecular weight is 325 g/mol. The summed E-state index contributed by atoms with van der Waals surface area (Å²) in [5.41, 5.74) is 0.387. The minimum atomic E-state index is -0.935. The number of ether oxygens (including phenoxy) is 1. The molecule has 118 valence electrons. The molecule has 2 unspecified atom stereocenters. The number of benzene rings is 1. The summed E-state index contributed by atoms with van der Waals surface area (Å²) >= 11 is 1.64. The Morgan fingerprint density at radius 2 is 2.18 bits per heavy atom. The molecule has 1 aromatic heterocycles. The Bertz CT molecular complexity index is 621. The number of halogens is 2. The Kier molecular flexibility index (Phi) is 4.83. The maximum Gasteiger partial charge on any atom is 0.159 e. The van der Waals surface area contributed by atoms with E-state index in [1.54, 1.807) is 11.3 Å². The Morgan fingerprint density at radius 1 is 1.32 bits per heavy atom. The molecule has 0 amide bonds. The summed E-state index contributed by atoms with van der Waals surface area (Å²) in [5, 5.41) is 12.2. The van der Waals surface area contributed by atoms with Crippen LogP contribution in [0, 0.1) is 11.6 Å². The van der Waals surface area contributed by atoms with E-state index in [2.05, 4.69) is 4.90 Å². The smallest absolute Gasteiger partial charge is 0.159 e. The molecule has 1 aliphatic heterocycles. The van der Waals surface area contributed by atoms with Crippen molar-refractivity contribution in [2.24, 2.45) is 0 Å². The molecule has 2 atom stereocenters. The molecule has 0 bridgehead atoms. The van der Waals surface area contributed by atoms with Crippen LogP contribution in [0.3, 0.4) is 0 Å². The molecule has 0 aliphatic carbocycles. The van der Waals surface area contributed by atoms with Gasteiger partial charge in [0.1, 0.15) is 6.10 Å². The molecule has 2 aromatic rings. The zero-order chi connectivity index (χ0) is 15.5. The summed E-state index contributed by atoms with van der Waals surface area (Å²) in [4.78, 5) is 3.24.